The first-order valence-corrected chi connectivity index (χ1v) is 17.6. The second-order valence-corrected chi connectivity index (χ2v) is 12.9. The van der Waals surface area contributed by atoms with Gasteiger partial charge in [-0.1, -0.05) is 152 Å². The molecule has 0 aliphatic heterocycles. The lowest BCUT2D eigenvalue weighted by Crippen LogP contribution is -2.10. The predicted molar refractivity (Wildman–Crippen MR) is 223 cm³/mol. The Kier molecular flexibility index (Phi) is 13.1. The fourth-order valence-corrected chi connectivity index (χ4v) is 6.55. The van der Waals surface area contributed by atoms with Crippen LogP contribution in [0.3, 0.4) is 0 Å². The summed E-state index contributed by atoms with van der Waals surface area (Å²) in [5, 5.41) is 11.5. The Morgan fingerprint density at radius 1 is 0.519 bits per heavy atom. The molecule has 7 aromatic carbocycles. The number of fused-ring (bicyclic) bond motifs is 2. The van der Waals surface area contributed by atoms with E-state index in [1.165, 1.54) is 5.39 Å². The predicted octanol–water partition coefficient (Wildman–Crippen LogP) is 11.6. The highest BCUT2D eigenvalue weighted by atomic mass is 79.9. The van der Waals surface area contributed by atoms with E-state index in [2.05, 4.69) is 56.1 Å². The van der Waals surface area contributed by atoms with Crippen molar-refractivity contribution in [2.24, 2.45) is 5.73 Å². The van der Waals surface area contributed by atoms with Gasteiger partial charge in [-0.05, 0) is 65.5 Å². The van der Waals surface area contributed by atoms with E-state index in [9.17, 15) is 4.79 Å². The number of carbonyl (C=O) groups is 1. The molecular weight excluding hydrogens is 798 g/mol. The number of amidine groups is 1. The van der Waals surface area contributed by atoms with E-state index in [4.69, 9.17) is 26.1 Å². The number of nitrogens with one attached hydrogen (secondary N) is 1. The van der Waals surface area contributed by atoms with Gasteiger partial charge in [-0.15, -0.1) is 12.4 Å². The van der Waals surface area contributed by atoms with Gasteiger partial charge in [0.1, 0.15) is 5.84 Å². The van der Waals surface area contributed by atoms with Gasteiger partial charge in [-0.25, -0.2) is 15.0 Å². The molecule has 0 bridgehead atoms. The van der Waals surface area contributed by atoms with Crippen molar-refractivity contribution in [2.45, 2.75) is 0 Å². The van der Waals surface area contributed by atoms with E-state index < -0.39 is 0 Å². The van der Waals surface area contributed by atoms with Gasteiger partial charge < -0.3 is 5.73 Å². The van der Waals surface area contributed by atoms with Crippen LogP contribution in [-0.2, 0) is 0 Å². The standard InChI is InChI=1S/C25H16BrN3.C11H7BrO.C7H8N2.ClH/c26-22-20-14-8-7-9-17(20)15-16-21(22)25-28-23(18-10-3-1-4-11-18)27-24(29-25)19-12-5-2-6-13-19;12-11-9(7-13)6-5-8-3-1-2-4-10(8)11;8-7(9)6-4-2-1-3-5-6;/h1-16H;1-7H;1-5H,(H3,8,9);1H. The van der Waals surface area contributed by atoms with Gasteiger partial charge in [-0.2, -0.15) is 0 Å². The van der Waals surface area contributed by atoms with Crippen molar-refractivity contribution in [3.8, 4) is 34.2 Å². The molecule has 3 N–H and O–H groups in total. The molecule has 256 valence electrons. The zero-order chi connectivity index (χ0) is 35.6. The van der Waals surface area contributed by atoms with Crippen LogP contribution in [0.4, 0.5) is 0 Å². The van der Waals surface area contributed by atoms with Gasteiger partial charge in [0.2, 0.25) is 0 Å². The number of hydrogen-bond acceptors (Lipinski definition) is 5. The molecule has 0 spiro atoms. The van der Waals surface area contributed by atoms with E-state index in [0.29, 0.717) is 23.0 Å². The Morgan fingerprint density at radius 2 is 0.942 bits per heavy atom. The van der Waals surface area contributed by atoms with E-state index in [1.54, 1.807) is 0 Å². The largest absolute Gasteiger partial charge is 0.384 e. The SMILES string of the molecule is Brc1c(-c2nc(-c3ccccc3)nc(-c3ccccc3)n2)ccc2ccccc12.Cl.N=C(N)c1ccccc1.O=Cc1ccc2ccccc2c1Br. The lowest BCUT2D eigenvalue weighted by atomic mass is 10.1. The number of aldehydes is 1. The second-order valence-electron chi connectivity index (χ2n) is 11.3. The summed E-state index contributed by atoms with van der Waals surface area (Å²) in [4.78, 5) is 25.0. The highest BCUT2D eigenvalue weighted by Crippen LogP contribution is 2.34. The van der Waals surface area contributed by atoms with E-state index in [-0.39, 0.29) is 18.2 Å². The van der Waals surface area contributed by atoms with Crippen LogP contribution in [0.5, 0.6) is 0 Å². The lowest BCUT2D eigenvalue weighted by Gasteiger charge is -2.11. The monoisotopic (exact) mass is 827 g/mol. The highest BCUT2D eigenvalue weighted by Gasteiger charge is 2.15. The van der Waals surface area contributed by atoms with Crippen molar-refractivity contribution in [3.05, 3.63) is 184 Å². The Balaban J connectivity index is 0.000000187. The molecule has 0 fully saturated rings. The molecule has 6 nitrogen and oxygen atoms in total. The molecule has 0 atom stereocenters. The van der Waals surface area contributed by atoms with Crippen molar-refractivity contribution < 1.29 is 4.79 Å². The summed E-state index contributed by atoms with van der Waals surface area (Å²) in [6.45, 7) is 0. The van der Waals surface area contributed by atoms with Gasteiger partial charge in [0, 0.05) is 36.8 Å². The molecule has 9 heteroatoms. The molecule has 0 saturated carbocycles. The van der Waals surface area contributed by atoms with Crippen LogP contribution in [0.1, 0.15) is 15.9 Å². The summed E-state index contributed by atoms with van der Waals surface area (Å²) in [6.07, 6.45) is 0.858. The van der Waals surface area contributed by atoms with Crippen LogP contribution < -0.4 is 5.73 Å². The fraction of sp³-hybridized carbons (Fsp3) is 0. The zero-order valence-electron chi connectivity index (χ0n) is 27.7. The molecule has 0 aliphatic carbocycles. The Bertz CT molecular complexity index is 2390. The van der Waals surface area contributed by atoms with Gasteiger partial charge in [-0.3, -0.25) is 10.2 Å². The molecule has 8 rings (SSSR count). The van der Waals surface area contributed by atoms with Crippen molar-refractivity contribution in [1.29, 1.82) is 5.41 Å². The molecule has 0 amide bonds. The summed E-state index contributed by atoms with van der Waals surface area (Å²) in [6, 6.07) is 53.4. The van der Waals surface area contributed by atoms with Crippen molar-refractivity contribution in [3.63, 3.8) is 0 Å². The number of nitrogens with two attached hydrogens (primary N) is 1. The average Bonchev–Trinajstić information content (AvgIpc) is 3.20. The normalized spacial score (nSPS) is 10.2. The number of nitrogens with zero attached hydrogens (tertiary/aromatic N) is 3. The number of aromatic nitrogens is 3. The third kappa shape index (κ3) is 9.03. The molecule has 52 heavy (non-hydrogen) atoms. The molecular formula is C43H32Br2ClN5O. The van der Waals surface area contributed by atoms with Crippen LogP contribution in [0.25, 0.3) is 55.7 Å². The smallest absolute Gasteiger partial charge is 0.165 e. The van der Waals surface area contributed by atoms with Gasteiger partial charge in [0.05, 0.1) is 0 Å². The number of rotatable bonds is 5. The third-order valence-electron chi connectivity index (χ3n) is 7.91. The molecule has 0 unspecified atom stereocenters. The quantitative estimate of drug-likeness (QED) is 0.102. The summed E-state index contributed by atoms with van der Waals surface area (Å²) in [5.74, 6) is 2.09. The number of nitrogen functional groups attached to an aromatic ring is 1. The van der Waals surface area contributed by atoms with Crippen LogP contribution in [0.15, 0.2) is 173 Å². The average molecular weight is 830 g/mol. The van der Waals surface area contributed by atoms with Crippen LogP contribution >= 0.6 is 44.3 Å². The minimum Gasteiger partial charge on any atom is -0.384 e. The first kappa shape index (κ1) is 37.7. The fourth-order valence-electron chi connectivity index (χ4n) is 5.29. The van der Waals surface area contributed by atoms with Gasteiger partial charge >= 0.3 is 0 Å². The number of halogens is 3. The van der Waals surface area contributed by atoms with E-state index >= 15 is 0 Å². The third-order valence-corrected chi connectivity index (χ3v) is 9.65. The molecule has 1 heterocycles. The van der Waals surface area contributed by atoms with Crippen molar-refractivity contribution in [2.75, 3.05) is 0 Å². The lowest BCUT2D eigenvalue weighted by molar-refractivity contribution is 0.112. The summed E-state index contributed by atoms with van der Waals surface area (Å²) in [7, 11) is 0. The zero-order valence-corrected chi connectivity index (χ0v) is 31.6. The molecule has 8 aromatic rings. The molecule has 0 aliphatic rings. The Morgan fingerprint density at radius 3 is 1.42 bits per heavy atom. The van der Waals surface area contributed by atoms with Gasteiger partial charge in [0.15, 0.2) is 23.8 Å². The Labute approximate surface area is 325 Å². The second kappa shape index (κ2) is 18.1. The van der Waals surface area contributed by atoms with Gasteiger partial charge in [0.25, 0.3) is 0 Å². The van der Waals surface area contributed by atoms with Crippen LogP contribution in [0.2, 0.25) is 0 Å². The number of benzene rings is 7. The Hall–Kier alpha value is -5.54. The first-order valence-electron chi connectivity index (χ1n) is 16.0. The molecule has 0 radical (unpaired) electrons. The van der Waals surface area contributed by atoms with Crippen LogP contribution in [-0.4, -0.2) is 27.1 Å². The molecule has 0 saturated heterocycles. The number of hydrogen-bond donors (Lipinski definition) is 2. The summed E-state index contributed by atoms with van der Waals surface area (Å²) in [5.41, 5.74) is 9.54. The van der Waals surface area contributed by atoms with E-state index in [1.807, 2.05) is 140 Å². The maximum atomic E-state index is 10.6. The first-order chi connectivity index (χ1) is 24.9. The maximum absolute atomic E-state index is 10.6. The van der Waals surface area contributed by atoms with Crippen LogP contribution in [0, 0.1) is 5.41 Å². The van der Waals surface area contributed by atoms with Crippen molar-refractivity contribution >= 4 is 77.9 Å². The summed E-state index contributed by atoms with van der Waals surface area (Å²) < 4.78 is 1.86. The highest BCUT2D eigenvalue weighted by molar-refractivity contribution is 9.11. The minimum absolute atomic E-state index is 0. The van der Waals surface area contributed by atoms with E-state index in [0.717, 1.165) is 53.6 Å². The number of carbonyl (C=O) groups excluding carboxylic acids is 1. The molecule has 1 aromatic heterocycles. The minimum atomic E-state index is 0. The topological polar surface area (TPSA) is 106 Å². The summed E-state index contributed by atoms with van der Waals surface area (Å²) >= 11 is 7.19. The maximum Gasteiger partial charge on any atom is 0.165 e. The van der Waals surface area contributed by atoms with Crippen molar-refractivity contribution in [1.82, 2.24) is 15.0 Å².